The standard InChI is InChI=1S/C27H28N4O3S/c1-19-4-10-22(11-5-19)31-18-28-30-27(31)35-17-26(32)29-25(21-8-14-24(34-3)15-9-21)16-20-6-12-23(33-2)13-7-20/h4-15,18,25H,16-17H2,1-3H3,(H,29,32). The molecule has 3 aromatic carbocycles. The lowest BCUT2D eigenvalue weighted by atomic mass is 9.98. The molecule has 0 aliphatic carbocycles. The van der Waals surface area contributed by atoms with Gasteiger partial charge in [0.05, 0.1) is 26.0 Å². The predicted octanol–water partition coefficient (Wildman–Crippen LogP) is 4.79. The van der Waals surface area contributed by atoms with Crippen molar-refractivity contribution in [2.24, 2.45) is 0 Å². The second-order valence-corrected chi connectivity index (χ2v) is 9.00. The van der Waals surface area contributed by atoms with Crippen LogP contribution in [0.25, 0.3) is 5.69 Å². The number of nitrogens with zero attached hydrogens (tertiary/aromatic N) is 3. The number of ether oxygens (including phenoxy) is 2. The number of nitrogens with one attached hydrogen (secondary N) is 1. The van der Waals surface area contributed by atoms with Crippen molar-refractivity contribution in [2.45, 2.75) is 24.5 Å². The Morgan fingerprint density at radius 3 is 2.20 bits per heavy atom. The topological polar surface area (TPSA) is 78.3 Å². The van der Waals surface area contributed by atoms with Crippen LogP contribution in [0.1, 0.15) is 22.7 Å². The molecule has 1 heterocycles. The van der Waals surface area contributed by atoms with E-state index in [0.29, 0.717) is 11.6 Å². The molecule has 1 unspecified atom stereocenters. The lowest BCUT2D eigenvalue weighted by molar-refractivity contribution is -0.119. The highest BCUT2D eigenvalue weighted by Crippen LogP contribution is 2.24. The van der Waals surface area contributed by atoms with Crippen LogP contribution < -0.4 is 14.8 Å². The van der Waals surface area contributed by atoms with Gasteiger partial charge in [0.25, 0.3) is 0 Å². The summed E-state index contributed by atoms with van der Waals surface area (Å²) in [7, 11) is 3.28. The Balaban J connectivity index is 1.46. The Morgan fingerprint density at radius 2 is 1.57 bits per heavy atom. The Hall–Kier alpha value is -3.78. The number of carbonyl (C=O) groups is 1. The van der Waals surface area contributed by atoms with Crippen molar-refractivity contribution < 1.29 is 14.3 Å². The van der Waals surface area contributed by atoms with Crippen molar-refractivity contribution in [3.05, 3.63) is 95.8 Å². The Kier molecular flexibility index (Phi) is 8.05. The maximum atomic E-state index is 13.0. The van der Waals surface area contributed by atoms with E-state index >= 15 is 0 Å². The van der Waals surface area contributed by atoms with Crippen molar-refractivity contribution in [2.75, 3.05) is 20.0 Å². The van der Waals surface area contributed by atoms with E-state index in [0.717, 1.165) is 28.3 Å². The van der Waals surface area contributed by atoms with Crippen molar-refractivity contribution in [3.63, 3.8) is 0 Å². The second-order valence-electron chi connectivity index (χ2n) is 8.05. The molecular weight excluding hydrogens is 460 g/mol. The number of methoxy groups -OCH3 is 2. The van der Waals surface area contributed by atoms with Gasteiger partial charge in [0.1, 0.15) is 17.8 Å². The van der Waals surface area contributed by atoms with Crippen LogP contribution >= 0.6 is 11.8 Å². The summed E-state index contributed by atoms with van der Waals surface area (Å²) in [6.07, 6.45) is 2.31. The third-order valence-corrected chi connectivity index (χ3v) is 6.56. The molecule has 4 aromatic rings. The van der Waals surface area contributed by atoms with Gasteiger partial charge >= 0.3 is 0 Å². The molecule has 1 aromatic heterocycles. The van der Waals surface area contributed by atoms with E-state index in [1.807, 2.05) is 84.3 Å². The number of hydrogen-bond acceptors (Lipinski definition) is 6. The van der Waals surface area contributed by atoms with Gasteiger partial charge in [-0.25, -0.2) is 0 Å². The van der Waals surface area contributed by atoms with Crippen LogP contribution in [0.15, 0.2) is 84.3 Å². The normalized spacial score (nSPS) is 11.6. The summed E-state index contributed by atoms with van der Waals surface area (Å²) in [6.45, 7) is 2.04. The summed E-state index contributed by atoms with van der Waals surface area (Å²) in [5.41, 5.74) is 4.23. The summed E-state index contributed by atoms with van der Waals surface area (Å²) in [5.74, 6) is 1.71. The maximum absolute atomic E-state index is 13.0. The van der Waals surface area contributed by atoms with Gasteiger partial charge in [0.15, 0.2) is 5.16 Å². The van der Waals surface area contributed by atoms with E-state index in [2.05, 4.69) is 15.5 Å². The Labute approximate surface area is 209 Å². The molecule has 7 nitrogen and oxygen atoms in total. The molecular formula is C27H28N4O3S. The molecule has 0 aliphatic rings. The van der Waals surface area contributed by atoms with Crippen LogP contribution in [-0.2, 0) is 11.2 Å². The van der Waals surface area contributed by atoms with Gasteiger partial charge in [-0.05, 0) is 60.9 Å². The molecule has 0 fully saturated rings. The lowest BCUT2D eigenvalue weighted by Gasteiger charge is -2.20. The minimum atomic E-state index is -0.197. The Morgan fingerprint density at radius 1 is 0.943 bits per heavy atom. The zero-order valence-electron chi connectivity index (χ0n) is 20.0. The number of amides is 1. The SMILES string of the molecule is COc1ccc(CC(NC(=O)CSc2nncn2-c2ccc(C)cc2)c2ccc(OC)cc2)cc1. The summed E-state index contributed by atoms with van der Waals surface area (Å²) in [6, 6.07) is 23.6. The van der Waals surface area contributed by atoms with Crippen LogP contribution in [0.5, 0.6) is 11.5 Å². The minimum Gasteiger partial charge on any atom is -0.497 e. The molecule has 0 saturated heterocycles. The molecule has 4 rings (SSSR count). The summed E-state index contributed by atoms with van der Waals surface area (Å²) in [5, 5.41) is 12.1. The van der Waals surface area contributed by atoms with Gasteiger partial charge in [0, 0.05) is 5.69 Å². The summed E-state index contributed by atoms with van der Waals surface area (Å²) < 4.78 is 12.4. The molecule has 1 atom stereocenters. The largest absolute Gasteiger partial charge is 0.497 e. The molecule has 0 saturated carbocycles. The number of thioether (sulfide) groups is 1. The van der Waals surface area contributed by atoms with E-state index in [4.69, 9.17) is 9.47 Å². The highest BCUT2D eigenvalue weighted by atomic mass is 32.2. The van der Waals surface area contributed by atoms with Crippen molar-refractivity contribution in [1.82, 2.24) is 20.1 Å². The molecule has 0 bridgehead atoms. The Bertz CT molecular complexity index is 1240. The van der Waals surface area contributed by atoms with Crippen LogP contribution in [0.2, 0.25) is 0 Å². The smallest absolute Gasteiger partial charge is 0.230 e. The van der Waals surface area contributed by atoms with Crippen LogP contribution in [0.4, 0.5) is 0 Å². The lowest BCUT2D eigenvalue weighted by Crippen LogP contribution is -2.31. The number of carbonyl (C=O) groups excluding carboxylic acids is 1. The van der Waals surface area contributed by atoms with E-state index in [-0.39, 0.29) is 17.7 Å². The fraction of sp³-hybridized carbons (Fsp3) is 0.222. The van der Waals surface area contributed by atoms with Crippen molar-refractivity contribution in [3.8, 4) is 17.2 Å². The zero-order chi connectivity index (χ0) is 24.6. The van der Waals surface area contributed by atoms with E-state index < -0.39 is 0 Å². The number of rotatable bonds is 10. The van der Waals surface area contributed by atoms with E-state index in [1.165, 1.54) is 17.3 Å². The second kappa shape index (κ2) is 11.6. The number of aryl methyl sites for hydroxylation is 1. The molecule has 35 heavy (non-hydrogen) atoms. The number of aromatic nitrogens is 3. The van der Waals surface area contributed by atoms with Crippen LogP contribution in [-0.4, -0.2) is 40.6 Å². The van der Waals surface area contributed by atoms with E-state index in [9.17, 15) is 4.79 Å². The predicted molar refractivity (Wildman–Crippen MR) is 137 cm³/mol. The third-order valence-electron chi connectivity index (χ3n) is 5.61. The molecule has 8 heteroatoms. The van der Waals surface area contributed by atoms with Crippen molar-refractivity contribution >= 4 is 17.7 Å². The molecule has 1 amide bonds. The minimum absolute atomic E-state index is 0.0808. The van der Waals surface area contributed by atoms with Gasteiger partial charge in [-0.3, -0.25) is 9.36 Å². The number of benzene rings is 3. The average molecular weight is 489 g/mol. The zero-order valence-corrected chi connectivity index (χ0v) is 20.8. The summed E-state index contributed by atoms with van der Waals surface area (Å²) in [4.78, 5) is 13.0. The fourth-order valence-electron chi connectivity index (χ4n) is 3.66. The van der Waals surface area contributed by atoms with Gasteiger partial charge in [-0.2, -0.15) is 0 Å². The average Bonchev–Trinajstić information content (AvgIpc) is 3.37. The van der Waals surface area contributed by atoms with Crippen LogP contribution in [0, 0.1) is 6.92 Å². The monoisotopic (exact) mass is 488 g/mol. The fourth-order valence-corrected chi connectivity index (χ4v) is 4.40. The van der Waals surface area contributed by atoms with Gasteiger partial charge in [-0.1, -0.05) is 53.7 Å². The van der Waals surface area contributed by atoms with Crippen LogP contribution in [0.3, 0.4) is 0 Å². The first-order chi connectivity index (χ1) is 17.1. The molecule has 180 valence electrons. The quantitative estimate of drug-likeness (QED) is 0.324. The highest BCUT2D eigenvalue weighted by Gasteiger charge is 2.17. The first-order valence-electron chi connectivity index (χ1n) is 11.2. The van der Waals surface area contributed by atoms with Crippen molar-refractivity contribution in [1.29, 1.82) is 0 Å². The van der Waals surface area contributed by atoms with E-state index in [1.54, 1.807) is 20.5 Å². The summed E-state index contributed by atoms with van der Waals surface area (Å²) >= 11 is 1.36. The number of hydrogen-bond donors (Lipinski definition) is 1. The van der Waals surface area contributed by atoms with Gasteiger partial charge < -0.3 is 14.8 Å². The molecule has 0 aliphatic heterocycles. The highest BCUT2D eigenvalue weighted by molar-refractivity contribution is 7.99. The molecule has 0 radical (unpaired) electrons. The van der Waals surface area contributed by atoms with Gasteiger partial charge in [-0.15, -0.1) is 10.2 Å². The maximum Gasteiger partial charge on any atom is 0.230 e. The van der Waals surface area contributed by atoms with Gasteiger partial charge in [0.2, 0.25) is 5.91 Å². The third kappa shape index (κ3) is 6.42. The molecule has 0 spiro atoms. The molecule has 1 N–H and O–H groups in total. The first kappa shape index (κ1) is 24.3. The first-order valence-corrected chi connectivity index (χ1v) is 12.2.